The molecule has 1 atom stereocenters. The number of terminal acetylenes is 1. The topological polar surface area (TPSA) is 12.0 Å². The molecule has 3 heteroatoms. The summed E-state index contributed by atoms with van der Waals surface area (Å²) in [6, 6.07) is 4.91. The molecule has 0 saturated carbocycles. The number of nitrogens with one attached hydrogen (secondary N) is 1. The van der Waals surface area contributed by atoms with Gasteiger partial charge in [0.25, 0.3) is 0 Å². The minimum Gasteiger partial charge on any atom is -0.309 e. The standard InChI is InChI=1S/C13H15NS2/c1-3-5-6-10(14-4-2)12-9-13-11(16-12)7-8-15-13/h1,7-10,14H,4-6H2,2H3. The Morgan fingerprint density at radius 3 is 3.06 bits per heavy atom. The van der Waals surface area contributed by atoms with Crippen molar-refractivity contribution >= 4 is 32.1 Å². The average molecular weight is 249 g/mol. The Kier molecular flexibility index (Phi) is 4.00. The fourth-order valence-electron chi connectivity index (χ4n) is 1.78. The molecular formula is C13H15NS2. The van der Waals surface area contributed by atoms with Gasteiger partial charge in [0, 0.05) is 26.7 Å². The quantitative estimate of drug-likeness (QED) is 0.789. The van der Waals surface area contributed by atoms with E-state index in [0.29, 0.717) is 6.04 Å². The molecule has 2 heterocycles. The molecule has 0 bridgehead atoms. The first kappa shape index (κ1) is 11.7. The molecule has 0 amide bonds. The molecule has 0 aliphatic carbocycles. The van der Waals surface area contributed by atoms with Crippen LogP contribution in [-0.2, 0) is 0 Å². The van der Waals surface area contributed by atoms with Gasteiger partial charge in [0.1, 0.15) is 0 Å². The summed E-state index contributed by atoms with van der Waals surface area (Å²) < 4.78 is 2.78. The lowest BCUT2D eigenvalue weighted by Crippen LogP contribution is -2.19. The number of fused-ring (bicyclic) bond motifs is 1. The summed E-state index contributed by atoms with van der Waals surface area (Å²) >= 11 is 3.69. The number of hydrogen-bond acceptors (Lipinski definition) is 3. The van der Waals surface area contributed by atoms with E-state index in [1.165, 1.54) is 14.3 Å². The minimum atomic E-state index is 0.422. The Morgan fingerprint density at radius 1 is 1.50 bits per heavy atom. The molecule has 1 N–H and O–H groups in total. The fraction of sp³-hybridized carbons (Fsp3) is 0.385. The second-order valence-electron chi connectivity index (χ2n) is 3.65. The van der Waals surface area contributed by atoms with Gasteiger partial charge >= 0.3 is 0 Å². The SMILES string of the molecule is C#CCCC(NCC)c1cc2sccc2s1. The summed E-state index contributed by atoms with van der Waals surface area (Å²) in [5.41, 5.74) is 0. The van der Waals surface area contributed by atoms with Crippen LogP contribution in [-0.4, -0.2) is 6.54 Å². The Balaban J connectivity index is 2.18. The van der Waals surface area contributed by atoms with Crippen molar-refractivity contribution in [3.8, 4) is 12.3 Å². The van der Waals surface area contributed by atoms with Crippen molar-refractivity contribution in [1.29, 1.82) is 0 Å². The van der Waals surface area contributed by atoms with Gasteiger partial charge in [0.05, 0.1) is 0 Å². The number of hydrogen-bond donors (Lipinski definition) is 1. The lowest BCUT2D eigenvalue weighted by Gasteiger charge is -2.14. The van der Waals surface area contributed by atoms with Crippen LogP contribution in [0.15, 0.2) is 17.5 Å². The molecule has 0 radical (unpaired) electrons. The van der Waals surface area contributed by atoms with Crippen molar-refractivity contribution in [3.63, 3.8) is 0 Å². The van der Waals surface area contributed by atoms with Crippen molar-refractivity contribution in [2.75, 3.05) is 6.54 Å². The van der Waals surface area contributed by atoms with Gasteiger partial charge in [-0.15, -0.1) is 35.0 Å². The number of rotatable bonds is 5. The zero-order valence-corrected chi connectivity index (χ0v) is 11.0. The smallest absolute Gasteiger partial charge is 0.0454 e. The highest BCUT2D eigenvalue weighted by Gasteiger charge is 2.13. The van der Waals surface area contributed by atoms with Crippen molar-refractivity contribution in [2.45, 2.75) is 25.8 Å². The molecule has 0 aliphatic heterocycles. The van der Waals surface area contributed by atoms with Crippen LogP contribution in [0, 0.1) is 12.3 Å². The molecule has 2 rings (SSSR count). The Morgan fingerprint density at radius 2 is 2.38 bits per heavy atom. The first-order chi connectivity index (χ1) is 7.85. The fourth-order valence-corrected chi connectivity index (χ4v) is 4.00. The lowest BCUT2D eigenvalue weighted by atomic mass is 10.1. The molecule has 0 aliphatic rings. The highest BCUT2D eigenvalue weighted by Crippen LogP contribution is 2.34. The molecule has 2 aromatic heterocycles. The van der Waals surface area contributed by atoms with Gasteiger partial charge in [-0.25, -0.2) is 0 Å². The molecular weight excluding hydrogens is 234 g/mol. The molecule has 2 aromatic rings. The monoisotopic (exact) mass is 249 g/mol. The van der Waals surface area contributed by atoms with Crippen molar-refractivity contribution < 1.29 is 0 Å². The third-order valence-corrected chi connectivity index (χ3v) is 4.74. The van der Waals surface area contributed by atoms with Crippen LogP contribution < -0.4 is 5.32 Å². The number of thiophene rings is 2. The van der Waals surface area contributed by atoms with Crippen LogP contribution in [0.4, 0.5) is 0 Å². The van der Waals surface area contributed by atoms with E-state index in [1.807, 2.05) is 22.7 Å². The van der Waals surface area contributed by atoms with E-state index >= 15 is 0 Å². The van der Waals surface area contributed by atoms with E-state index < -0.39 is 0 Å². The largest absolute Gasteiger partial charge is 0.309 e. The summed E-state index contributed by atoms with van der Waals surface area (Å²) in [5.74, 6) is 2.72. The van der Waals surface area contributed by atoms with Gasteiger partial charge in [0.15, 0.2) is 0 Å². The van der Waals surface area contributed by atoms with Crippen LogP contribution in [0.2, 0.25) is 0 Å². The highest BCUT2D eigenvalue weighted by molar-refractivity contribution is 7.26. The van der Waals surface area contributed by atoms with E-state index in [9.17, 15) is 0 Å². The second kappa shape index (κ2) is 5.49. The van der Waals surface area contributed by atoms with Crippen molar-refractivity contribution in [2.24, 2.45) is 0 Å². The van der Waals surface area contributed by atoms with Crippen LogP contribution in [0.5, 0.6) is 0 Å². The van der Waals surface area contributed by atoms with E-state index in [1.54, 1.807) is 0 Å². The molecule has 1 unspecified atom stereocenters. The highest BCUT2D eigenvalue weighted by atomic mass is 32.1. The Hall–Kier alpha value is -0.820. The molecule has 84 valence electrons. The average Bonchev–Trinajstić information content (AvgIpc) is 2.84. The Bertz CT molecular complexity index is 461. The normalized spacial score (nSPS) is 12.8. The van der Waals surface area contributed by atoms with E-state index in [4.69, 9.17) is 6.42 Å². The molecule has 16 heavy (non-hydrogen) atoms. The first-order valence-corrected chi connectivity index (χ1v) is 7.18. The lowest BCUT2D eigenvalue weighted by molar-refractivity contribution is 0.531. The summed E-state index contributed by atoms with van der Waals surface area (Å²) in [6.07, 6.45) is 7.20. The molecule has 0 spiro atoms. The molecule has 0 saturated heterocycles. The summed E-state index contributed by atoms with van der Waals surface area (Å²) in [7, 11) is 0. The first-order valence-electron chi connectivity index (χ1n) is 5.49. The van der Waals surface area contributed by atoms with E-state index in [2.05, 4.69) is 35.7 Å². The van der Waals surface area contributed by atoms with Crippen molar-refractivity contribution in [3.05, 3.63) is 22.4 Å². The second-order valence-corrected chi connectivity index (χ2v) is 5.71. The van der Waals surface area contributed by atoms with Crippen LogP contribution in [0.25, 0.3) is 9.40 Å². The van der Waals surface area contributed by atoms with Gasteiger partial charge in [-0.05, 0) is 30.5 Å². The van der Waals surface area contributed by atoms with Crippen LogP contribution >= 0.6 is 22.7 Å². The van der Waals surface area contributed by atoms with Crippen molar-refractivity contribution in [1.82, 2.24) is 5.32 Å². The molecule has 0 fully saturated rings. The van der Waals surface area contributed by atoms with Gasteiger partial charge < -0.3 is 5.32 Å². The van der Waals surface area contributed by atoms with E-state index in [0.717, 1.165) is 19.4 Å². The maximum Gasteiger partial charge on any atom is 0.0454 e. The van der Waals surface area contributed by atoms with Gasteiger partial charge in [0.2, 0.25) is 0 Å². The molecule has 0 aromatic carbocycles. The third-order valence-electron chi connectivity index (χ3n) is 2.53. The maximum atomic E-state index is 5.33. The van der Waals surface area contributed by atoms with Crippen LogP contribution in [0.3, 0.4) is 0 Å². The summed E-state index contributed by atoms with van der Waals surface area (Å²) in [6.45, 7) is 3.12. The predicted molar refractivity (Wildman–Crippen MR) is 74.2 cm³/mol. The van der Waals surface area contributed by atoms with Crippen LogP contribution in [0.1, 0.15) is 30.7 Å². The zero-order chi connectivity index (χ0) is 11.4. The minimum absolute atomic E-state index is 0.422. The summed E-state index contributed by atoms with van der Waals surface area (Å²) in [5, 5.41) is 5.65. The summed E-state index contributed by atoms with van der Waals surface area (Å²) in [4.78, 5) is 1.42. The zero-order valence-electron chi connectivity index (χ0n) is 9.32. The molecule has 1 nitrogen and oxygen atoms in total. The predicted octanol–water partition coefficient (Wildman–Crippen LogP) is 4.03. The van der Waals surface area contributed by atoms with Gasteiger partial charge in [-0.2, -0.15) is 0 Å². The Labute approximate surface area is 104 Å². The third kappa shape index (κ3) is 2.46. The van der Waals surface area contributed by atoms with Gasteiger partial charge in [-0.3, -0.25) is 0 Å². The van der Waals surface area contributed by atoms with E-state index in [-0.39, 0.29) is 0 Å². The maximum absolute atomic E-state index is 5.33. The van der Waals surface area contributed by atoms with Gasteiger partial charge in [-0.1, -0.05) is 6.92 Å².